The van der Waals surface area contributed by atoms with Crippen molar-refractivity contribution in [3.8, 4) is 0 Å². The molecule has 2 nitrogen and oxygen atoms in total. The van der Waals surface area contributed by atoms with Crippen molar-refractivity contribution >= 4 is 41.3 Å². The summed E-state index contributed by atoms with van der Waals surface area (Å²) in [6.07, 6.45) is 2.33. The quantitative estimate of drug-likeness (QED) is 0.903. The van der Waals surface area contributed by atoms with Crippen LogP contribution in [0.3, 0.4) is 0 Å². The normalized spacial score (nSPS) is 16.8. The van der Waals surface area contributed by atoms with Crippen LogP contribution in [0.15, 0.2) is 18.2 Å². The molecule has 17 heavy (non-hydrogen) atoms. The molecule has 1 aromatic carbocycles. The molecule has 0 bridgehead atoms. The van der Waals surface area contributed by atoms with Gasteiger partial charge in [-0.05, 0) is 43.5 Å². The summed E-state index contributed by atoms with van der Waals surface area (Å²) in [7, 11) is 0. The number of halogens is 3. The van der Waals surface area contributed by atoms with E-state index in [1.54, 1.807) is 0 Å². The van der Waals surface area contributed by atoms with Crippen LogP contribution >= 0.6 is 35.6 Å². The first-order valence-electron chi connectivity index (χ1n) is 5.61. The van der Waals surface area contributed by atoms with E-state index in [-0.39, 0.29) is 12.4 Å². The Bertz CT molecular complexity index is 363. The minimum Gasteiger partial charge on any atom is -0.371 e. The number of benzene rings is 1. The van der Waals surface area contributed by atoms with Crippen LogP contribution in [-0.2, 0) is 0 Å². The molecule has 5 heteroatoms. The largest absolute Gasteiger partial charge is 0.371 e. The first kappa shape index (κ1) is 14.9. The van der Waals surface area contributed by atoms with E-state index in [9.17, 15) is 0 Å². The Morgan fingerprint density at radius 3 is 2.35 bits per heavy atom. The fourth-order valence-electron chi connectivity index (χ4n) is 2.11. The Hall–Kier alpha value is -0.150. The molecule has 2 N–H and O–H groups in total. The zero-order valence-electron chi connectivity index (χ0n) is 9.53. The monoisotopic (exact) mass is 294 g/mol. The van der Waals surface area contributed by atoms with Gasteiger partial charge in [0.05, 0.1) is 10.0 Å². The second-order valence-corrected chi connectivity index (χ2v) is 5.08. The second-order valence-electron chi connectivity index (χ2n) is 4.26. The lowest BCUT2D eigenvalue weighted by atomic mass is 9.97. The van der Waals surface area contributed by atoms with Gasteiger partial charge in [-0.25, -0.2) is 0 Å². The maximum Gasteiger partial charge on any atom is 0.0612 e. The third kappa shape index (κ3) is 3.65. The van der Waals surface area contributed by atoms with E-state index >= 15 is 0 Å². The van der Waals surface area contributed by atoms with Crippen LogP contribution in [0.4, 0.5) is 5.69 Å². The molecule has 1 fully saturated rings. The highest BCUT2D eigenvalue weighted by Gasteiger charge is 2.18. The van der Waals surface area contributed by atoms with Gasteiger partial charge < -0.3 is 10.6 Å². The molecule has 1 aliphatic rings. The molecule has 0 spiro atoms. The first-order chi connectivity index (χ1) is 7.70. The maximum atomic E-state index is 6.01. The smallest absolute Gasteiger partial charge is 0.0612 e. The molecule has 0 radical (unpaired) electrons. The summed E-state index contributed by atoms with van der Waals surface area (Å²) >= 11 is 11.9. The van der Waals surface area contributed by atoms with Crippen molar-refractivity contribution in [1.29, 1.82) is 0 Å². The van der Waals surface area contributed by atoms with Crippen LogP contribution < -0.4 is 10.6 Å². The fourth-order valence-corrected chi connectivity index (χ4v) is 2.40. The maximum absolute atomic E-state index is 6.01. The molecular weight excluding hydrogens is 279 g/mol. The van der Waals surface area contributed by atoms with Crippen LogP contribution in [0.25, 0.3) is 0 Å². The molecule has 1 saturated heterocycles. The lowest BCUT2D eigenvalue weighted by Gasteiger charge is -2.33. The highest BCUT2D eigenvalue weighted by molar-refractivity contribution is 6.42. The molecule has 96 valence electrons. The first-order valence-corrected chi connectivity index (χ1v) is 6.36. The van der Waals surface area contributed by atoms with Crippen LogP contribution in [0.1, 0.15) is 12.8 Å². The number of anilines is 1. The summed E-state index contributed by atoms with van der Waals surface area (Å²) in [5, 5.41) is 1.24. The summed E-state index contributed by atoms with van der Waals surface area (Å²) in [4.78, 5) is 2.34. The number of hydrogen-bond acceptors (Lipinski definition) is 2. The van der Waals surface area contributed by atoms with E-state index in [0.29, 0.717) is 16.0 Å². The van der Waals surface area contributed by atoms with Gasteiger partial charge >= 0.3 is 0 Å². The van der Waals surface area contributed by atoms with Crippen LogP contribution in [0, 0.1) is 5.92 Å². The lowest BCUT2D eigenvalue weighted by molar-refractivity contribution is 0.414. The molecule has 1 heterocycles. The highest BCUT2D eigenvalue weighted by atomic mass is 35.5. The molecule has 0 amide bonds. The molecule has 2 rings (SSSR count). The molecule has 0 aromatic heterocycles. The van der Waals surface area contributed by atoms with Crippen molar-refractivity contribution in [3.63, 3.8) is 0 Å². The van der Waals surface area contributed by atoms with E-state index in [1.165, 1.54) is 0 Å². The molecule has 0 atom stereocenters. The van der Waals surface area contributed by atoms with Crippen LogP contribution in [0.2, 0.25) is 10.0 Å². The highest BCUT2D eigenvalue weighted by Crippen LogP contribution is 2.29. The van der Waals surface area contributed by atoms with E-state index in [2.05, 4.69) is 4.90 Å². The zero-order valence-corrected chi connectivity index (χ0v) is 11.9. The van der Waals surface area contributed by atoms with Crippen LogP contribution in [0.5, 0.6) is 0 Å². The van der Waals surface area contributed by atoms with Gasteiger partial charge in [0.15, 0.2) is 0 Å². The van der Waals surface area contributed by atoms with Gasteiger partial charge in [-0.15, -0.1) is 12.4 Å². The Labute approximate surface area is 118 Å². The van der Waals surface area contributed by atoms with Crippen molar-refractivity contribution in [2.24, 2.45) is 11.7 Å². The van der Waals surface area contributed by atoms with Gasteiger partial charge in [0, 0.05) is 18.8 Å². The van der Waals surface area contributed by atoms with Gasteiger partial charge in [0.25, 0.3) is 0 Å². The number of nitrogens with zero attached hydrogens (tertiary/aromatic N) is 1. The molecule has 0 unspecified atom stereocenters. The summed E-state index contributed by atoms with van der Waals surface area (Å²) in [5.41, 5.74) is 6.83. The summed E-state index contributed by atoms with van der Waals surface area (Å²) in [6.45, 7) is 2.91. The molecule has 0 aliphatic carbocycles. The zero-order chi connectivity index (χ0) is 11.5. The van der Waals surface area contributed by atoms with Gasteiger partial charge in [-0.3, -0.25) is 0 Å². The average Bonchev–Trinajstić information content (AvgIpc) is 2.33. The van der Waals surface area contributed by atoms with Crippen LogP contribution in [-0.4, -0.2) is 19.6 Å². The van der Waals surface area contributed by atoms with Gasteiger partial charge in [0.2, 0.25) is 0 Å². The molecule has 0 saturated carbocycles. The van der Waals surface area contributed by atoms with Crippen molar-refractivity contribution in [2.45, 2.75) is 12.8 Å². The van der Waals surface area contributed by atoms with E-state index in [1.807, 2.05) is 18.2 Å². The van der Waals surface area contributed by atoms with Gasteiger partial charge in [-0.2, -0.15) is 0 Å². The van der Waals surface area contributed by atoms with Crippen molar-refractivity contribution < 1.29 is 0 Å². The van der Waals surface area contributed by atoms with Gasteiger partial charge in [0.1, 0.15) is 0 Å². The Morgan fingerprint density at radius 2 is 1.82 bits per heavy atom. The minimum atomic E-state index is 0. The average molecular weight is 296 g/mol. The number of nitrogens with two attached hydrogens (primary N) is 1. The Kier molecular flexibility index (Phi) is 5.87. The third-order valence-electron chi connectivity index (χ3n) is 3.22. The standard InChI is InChI=1S/C12H16Cl2N2.ClH/c13-11-2-1-10(7-12(11)14)16-5-3-9(8-15)4-6-16;/h1-2,7,9H,3-6,8,15H2;1H. The summed E-state index contributed by atoms with van der Waals surface area (Å²) < 4.78 is 0. The summed E-state index contributed by atoms with van der Waals surface area (Å²) in [6, 6.07) is 5.82. The summed E-state index contributed by atoms with van der Waals surface area (Å²) in [5.74, 6) is 0.680. The number of hydrogen-bond donors (Lipinski definition) is 1. The van der Waals surface area contributed by atoms with E-state index in [4.69, 9.17) is 28.9 Å². The molecule has 1 aromatic rings. The fraction of sp³-hybridized carbons (Fsp3) is 0.500. The molecular formula is C12H17Cl3N2. The second kappa shape index (κ2) is 6.69. The van der Waals surface area contributed by atoms with Crippen molar-refractivity contribution in [1.82, 2.24) is 0 Å². The van der Waals surface area contributed by atoms with Crippen molar-refractivity contribution in [3.05, 3.63) is 28.2 Å². The minimum absolute atomic E-state index is 0. The van der Waals surface area contributed by atoms with Gasteiger partial charge in [-0.1, -0.05) is 23.2 Å². The Balaban J connectivity index is 0.00000144. The topological polar surface area (TPSA) is 29.3 Å². The number of rotatable bonds is 2. The predicted octanol–water partition coefficient (Wildman–Crippen LogP) is 3.59. The molecule has 1 aliphatic heterocycles. The van der Waals surface area contributed by atoms with E-state index in [0.717, 1.165) is 38.2 Å². The Morgan fingerprint density at radius 1 is 1.18 bits per heavy atom. The predicted molar refractivity (Wildman–Crippen MR) is 77.7 cm³/mol. The SMILES string of the molecule is Cl.NCC1CCN(c2ccc(Cl)c(Cl)c2)CC1. The lowest BCUT2D eigenvalue weighted by Crippen LogP contribution is -2.36. The third-order valence-corrected chi connectivity index (χ3v) is 3.96. The number of piperidine rings is 1. The van der Waals surface area contributed by atoms with E-state index < -0.39 is 0 Å². The van der Waals surface area contributed by atoms with Crippen molar-refractivity contribution in [2.75, 3.05) is 24.5 Å².